The molecule has 0 fully saturated rings. The zero-order valence-corrected chi connectivity index (χ0v) is 10.2. The van der Waals surface area contributed by atoms with E-state index in [1.807, 2.05) is 6.07 Å². The zero-order valence-electron chi connectivity index (χ0n) is 8.62. The molecule has 6 heteroatoms. The van der Waals surface area contributed by atoms with Crippen molar-refractivity contribution in [2.45, 2.75) is 0 Å². The molecule has 0 saturated carbocycles. The van der Waals surface area contributed by atoms with E-state index < -0.39 is 5.91 Å². The van der Waals surface area contributed by atoms with Crippen LogP contribution in [0.25, 0.3) is 0 Å². The van der Waals surface area contributed by atoms with Crippen LogP contribution in [0.3, 0.4) is 0 Å². The molecule has 0 aromatic heterocycles. The highest BCUT2D eigenvalue weighted by Gasteiger charge is 2.07. The van der Waals surface area contributed by atoms with Gasteiger partial charge in [0, 0.05) is 10.0 Å². The number of halogens is 1. The van der Waals surface area contributed by atoms with Crippen molar-refractivity contribution in [3.63, 3.8) is 0 Å². The first-order chi connectivity index (χ1) is 7.63. The summed E-state index contributed by atoms with van der Waals surface area (Å²) in [5.41, 5.74) is 2.59. The summed E-state index contributed by atoms with van der Waals surface area (Å²) in [6.07, 6.45) is 0. The minimum Gasteiger partial charge on any atom is -0.343 e. The molecule has 5 nitrogen and oxygen atoms in total. The predicted octanol–water partition coefficient (Wildman–Crippen LogP) is 0.857. The Labute approximate surface area is 101 Å². The number of benzene rings is 1. The summed E-state index contributed by atoms with van der Waals surface area (Å²) in [6.45, 7) is -0.126. The van der Waals surface area contributed by atoms with Crippen molar-refractivity contribution in [2.24, 2.45) is 0 Å². The van der Waals surface area contributed by atoms with Crippen LogP contribution in [0, 0.1) is 0 Å². The van der Waals surface area contributed by atoms with Crippen LogP contribution in [-0.2, 0) is 9.63 Å². The number of amides is 2. The Balaban J connectivity index is 2.50. The lowest BCUT2D eigenvalue weighted by Gasteiger charge is -2.05. The zero-order chi connectivity index (χ0) is 12.0. The molecule has 0 heterocycles. The van der Waals surface area contributed by atoms with Crippen molar-refractivity contribution < 1.29 is 14.4 Å². The van der Waals surface area contributed by atoms with Gasteiger partial charge in [0.15, 0.2) is 0 Å². The topological polar surface area (TPSA) is 67.4 Å². The summed E-state index contributed by atoms with van der Waals surface area (Å²) in [5, 5.41) is 2.46. The normalized spacial score (nSPS) is 9.62. The van der Waals surface area contributed by atoms with E-state index in [0.717, 1.165) is 4.47 Å². The SMILES string of the molecule is CONC(=O)CNC(=O)c1cccc(Br)c1. The Kier molecular flexibility index (Phi) is 4.94. The van der Waals surface area contributed by atoms with E-state index in [0.29, 0.717) is 5.56 Å². The van der Waals surface area contributed by atoms with E-state index in [1.165, 1.54) is 7.11 Å². The molecule has 1 aromatic rings. The quantitative estimate of drug-likeness (QED) is 0.807. The largest absolute Gasteiger partial charge is 0.343 e. The van der Waals surface area contributed by atoms with Gasteiger partial charge in [-0.3, -0.25) is 14.4 Å². The number of hydrogen-bond acceptors (Lipinski definition) is 3. The molecule has 0 radical (unpaired) electrons. The van der Waals surface area contributed by atoms with Crippen LogP contribution in [0.15, 0.2) is 28.7 Å². The molecule has 0 bridgehead atoms. The van der Waals surface area contributed by atoms with Crippen LogP contribution in [-0.4, -0.2) is 25.5 Å². The number of carbonyl (C=O) groups is 2. The Morgan fingerprint density at radius 2 is 2.19 bits per heavy atom. The second-order valence-corrected chi connectivity index (χ2v) is 3.84. The van der Waals surface area contributed by atoms with Crippen LogP contribution in [0.1, 0.15) is 10.4 Å². The highest BCUT2D eigenvalue weighted by Crippen LogP contribution is 2.11. The van der Waals surface area contributed by atoms with E-state index in [2.05, 4.69) is 31.6 Å². The second kappa shape index (κ2) is 6.24. The average Bonchev–Trinajstić information content (AvgIpc) is 2.26. The Hall–Kier alpha value is -1.40. The molecule has 2 amide bonds. The molecule has 0 spiro atoms. The first-order valence-corrected chi connectivity index (χ1v) is 5.28. The van der Waals surface area contributed by atoms with Crippen molar-refractivity contribution in [2.75, 3.05) is 13.7 Å². The van der Waals surface area contributed by atoms with Gasteiger partial charge in [0.2, 0.25) is 0 Å². The molecule has 0 saturated heterocycles. The fourth-order valence-electron chi connectivity index (χ4n) is 1.04. The van der Waals surface area contributed by atoms with E-state index >= 15 is 0 Å². The van der Waals surface area contributed by atoms with Crippen molar-refractivity contribution in [1.29, 1.82) is 0 Å². The summed E-state index contributed by atoms with van der Waals surface area (Å²) in [4.78, 5) is 26.9. The number of hydrogen-bond donors (Lipinski definition) is 2. The molecular weight excluding hydrogens is 276 g/mol. The molecule has 0 atom stereocenters. The number of hydroxylamine groups is 1. The van der Waals surface area contributed by atoms with Crippen LogP contribution >= 0.6 is 15.9 Å². The molecule has 1 aromatic carbocycles. The first-order valence-electron chi connectivity index (χ1n) is 4.49. The number of rotatable bonds is 4. The van der Waals surface area contributed by atoms with E-state index in [4.69, 9.17) is 0 Å². The molecule has 0 unspecified atom stereocenters. The van der Waals surface area contributed by atoms with Crippen LogP contribution in [0.4, 0.5) is 0 Å². The monoisotopic (exact) mass is 286 g/mol. The lowest BCUT2D eigenvalue weighted by Crippen LogP contribution is -2.36. The standard InChI is InChI=1S/C10H11BrN2O3/c1-16-13-9(14)6-12-10(15)7-3-2-4-8(11)5-7/h2-5H,6H2,1H3,(H,12,15)(H,13,14). The van der Waals surface area contributed by atoms with Gasteiger partial charge in [-0.2, -0.15) is 0 Å². The highest BCUT2D eigenvalue weighted by atomic mass is 79.9. The van der Waals surface area contributed by atoms with Gasteiger partial charge in [-0.1, -0.05) is 22.0 Å². The Bertz CT molecular complexity index is 395. The summed E-state index contributed by atoms with van der Waals surface area (Å²) in [7, 11) is 1.33. The number of nitrogens with one attached hydrogen (secondary N) is 2. The maximum atomic E-state index is 11.6. The van der Waals surface area contributed by atoms with Crippen molar-refractivity contribution in [3.05, 3.63) is 34.3 Å². The van der Waals surface area contributed by atoms with Gasteiger partial charge in [0.05, 0.1) is 13.7 Å². The molecule has 0 aliphatic carbocycles. The smallest absolute Gasteiger partial charge is 0.262 e. The molecule has 16 heavy (non-hydrogen) atoms. The molecule has 1 rings (SSSR count). The van der Waals surface area contributed by atoms with Gasteiger partial charge in [-0.15, -0.1) is 0 Å². The predicted molar refractivity (Wildman–Crippen MR) is 61.6 cm³/mol. The molecule has 0 aliphatic rings. The minimum atomic E-state index is -0.411. The van der Waals surface area contributed by atoms with Crippen molar-refractivity contribution in [3.8, 4) is 0 Å². The third-order valence-corrected chi connectivity index (χ3v) is 2.21. The lowest BCUT2D eigenvalue weighted by atomic mass is 10.2. The summed E-state index contributed by atoms with van der Waals surface area (Å²) in [5.74, 6) is -0.724. The number of carbonyl (C=O) groups excluding carboxylic acids is 2. The summed E-state index contributed by atoms with van der Waals surface area (Å²) in [6, 6.07) is 6.89. The Morgan fingerprint density at radius 1 is 1.44 bits per heavy atom. The van der Waals surface area contributed by atoms with Crippen LogP contribution < -0.4 is 10.8 Å². The maximum absolute atomic E-state index is 11.6. The van der Waals surface area contributed by atoms with Gasteiger partial charge < -0.3 is 5.32 Å². The van der Waals surface area contributed by atoms with Gasteiger partial charge in [0.25, 0.3) is 11.8 Å². The van der Waals surface area contributed by atoms with E-state index in [9.17, 15) is 9.59 Å². The third kappa shape index (κ3) is 4.00. The van der Waals surface area contributed by atoms with Gasteiger partial charge in [-0.25, -0.2) is 5.48 Å². The fraction of sp³-hybridized carbons (Fsp3) is 0.200. The highest BCUT2D eigenvalue weighted by molar-refractivity contribution is 9.10. The van der Waals surface area contributed by atoms with Gasteiger partial charge in [-0.05, 0) is 18.2 Å². The van der Waals surface area contributed by atoms with E-state index in [1.54, 1.807) is 18.2 Å². The molecule has 0 aliphatic heterocycles. The summed E-state index contributed by atoms with van der Waals surface area (Å²) < 4.78 is 0.807. The Morgan fingerprint density at radius 3 is 2.81 bits per heavy atom. The van der Waals surface area contributed by atoms with Gasteiger partial charge >= 0.3 is 0 Å². The lowest BCUT2D eigenvalue weighted by molar-refractivity contribution is -0.130. The van der Waals surface area contributed by atoms with Gasteiger partial charge in [0.1, 0.15) is 0 Å². The first kappa shape index (κ1) is 12.7. The molecule has 86 valence electrons. The van der Waals surface area contributed by atoms with Crippen molar-refractivity contribution in [1.82, 2.24) is 10.8 Å². The van der Waals surface area contributed by atoms with Crippen molar-refractivity contribution >= 4 is 27.7 Å². The van der Waals surface area contributed by atoms with E-state index in [-0.39, 0.29) is 12.5 Å². The van der Waals surface area contributed by atoms with Crippen LogP contribution in [0.5, 0.6) is 0 Å². The molecule has 2 N–H and O–H groups in total. The second-order valence-electron chi connectivity index (χ2n) is 2.92. The average molecular weight is 287 g/mol. The minimum absolute atomic E-state index is 0.126. The van der Waals surface area contributed by atoms with Crippen LogP contribution in [0.2, 0.25) is 0 Å². The fourth-order valence-corrected chi connectivity index (χ4v) is 1.44. The summed E-state index contributed by atoms with van der Waals surface area (Å²) >= 11 is 3.26. The maximum Gasteiger partial charge on any atom is 0.262 e. The third-order valence-electron chi connectivity index (χ3n) is 1.71. The molecular formula is C10H11BrN2O3.